The van der Waals surface area contributed by atoms with E-state index in [9.17, 15) is 0 Å². The topological polar surface area (TPSA) is 24.9 Å². The van der Waals surface area contributed by atoms with Crippen molar-refractivity contribution in [1.29, 1.82) is 0 Å². The maximum absolute atomic E-state index is 6.26. The zero-order chi connectivity index (χ0) is 18.4. The molecule has 26 heavy (non-hydrogen) atoms. The monoisotopic (exact) mass is 354 g/mol. The van der Waals surface area contributed by atoms with Crippen LogP contribution in [0.1, 0.15) is 33.3 Å². The second kappa shape index (κ2) is 6.79. The van der Waals surface area contributed by atoms with Crippen LogP contribution in [0.3, 0.4) is 0 Å². The van der Waals surface area contributed by atoms with E-state index in [1.165, 1.54) is 11.0 Å². The van der Waals surface area contributed by atoms with Gasteiger partial charge in [-0.05, 0) is 45.2 Å². The Balaban J connectivity index is 1.36. The summed E-state index contributed by atoms with van der Waals surface area (Å²) in [5.74, 6) is 0. The van der Waals surface area contributed by atoms with E-state index in [4.69, 9.17) is 9.31 Å². The summed E-state index contributed by atoms with van der Waals surface area (Å²) in [7, 11) is -0.191. The highest BCUT2D eigenvalue weighted by atomic mass is 16.7. The Morgan fingerprint density at radius 1 is 1.04 bits per heavy atom. The summed E-state index contributed by atoms with van der Waals surface area (Å²) in [6, 6.07) is 11.3. The van der Waals surface area contributed by atoms with Gasteiger partial charge in [0.15, 0.2) is 0 Å². The van der Waals surface area contributed by atoms with Gasteiger partial charge in [-0.3, -0.25) is 9.80 Å². The third-order valence-electron chi connectivity index (χ3n) is 6.53. The fourth-order valence-corrected chi connectivity index (χ4v) is 4.08. The standard InChI is InChI=1S/C21H31BN2O2/c1-20(2)21(3,4)26-22(25-20)18-14-19-16-23(12-13-24(19)15-18)11-10-17-8-6-5-7-9-17/h5-9,14,19H,10-13,15-16H2,1-4H3. The molecular weight excluding hydrogens is 323 g/mol. The lowest BCUT2D eigenvalue weighted by Gasteiger charge is -2.37. The van der Waals surface area contributed by atoms with Gasteiger partial charge in [-0.25, -0.2) is 0 Å². The van der Waals surface area contributed by atoms with Crippen LogP contribution in [0.15, 0.2) is 41.9 Å². The number of nitrogens with zero attached hydrogens (tertiary/aromatic N) is 2. The van der Waals surface area contributed by atoms with Gasteiger partial charge in [-0.1, -0.05) is 36.4 Å². The lowest BCUT2D eigenvalue weighted by Crippen LogP contribution is -2.50. The highest BCUT2D eigenvalue weighted by Crippen LogP contribution is 2.39. The van der Waals surface area contributed by atoms with Crippen LogP contribution in [-0.4, -0.2) is 66.9 Å². The van der Waals surface area contributed by atoms with Gasteiger partial charge in [0.1, 0.15) is 0 Å². The molecule has 5 heteroatoms. The summed E-state index contributed by atoms with van der Waals surface area (Å²) in [5, 5.41) is 0. The normalized spacial score (nSPS) is 28.2. The van der Waals surface area contributed by atoms with Gasteiger partial charge in [0.2, 0.25) is 0 Å². The van der Waals surface area contributed by atoms with Crippen molar-refractivity contribution in [2.75, 3.05) is 32.7 Å². The van der Waals surface area contributed by atoms with Crippen LogP contribution in [0.4, 0.5) is 0 Å². The number of hydrogen-bond donors (Lipinski definition) is 0. The molecule has 2 saturated heterocycles. The summed E-state index contributed by atoms with van der Waals surface area (Å²) in [6.07, 6.45) is 3.53. The largest absolute Gasteiger partial charge is 0.491 e. The first kappa shape index (κ1) is 18.2. The molecule has 1 unspecified atom stereocenters. The Morgan fingerprint density at radius 2 is 1.73 bits per heavy atom. The van der Waals surface area contributed by atoms with Crippen LogP contribution in [0.5, 0.6) is 0 Å². The van der Waals surface area contributed by atoms with Crippen molar-refractivity contribution in [3.63, 3.8) is 0 Å². The van der Waals surface area contributed by atoms with E-state index in [1.807, 2.05) is 0 Å². The fourth-order valence-electron chi connectivity index (χ4n) is 4.08. The highest BCUT2D eigenvalue weighted by Gasteiger charge is 2.53. The average molecular weight is 354 g/mol. The molecule has 0 radical (unpaired) electrons. The molecule has 1 aromatic carbocycles. The van der Waals surface area contributed by atoms with Gasteiger partial charge >= 0.3 is 7.12 Å². The van der Waals surface area contributed by atoms with E-state index in [2.05, 4.69) is 73.9 Å². The van der Waals surface area contributed by atoms with Crippen molar-refractivity contribution in [1.82, 2.24) is 9.80 Å². The number of rotatable bonds is 4. The SMILES string of the molecule is CC1(C)OB(C2=CC3CN(CCc4ccccc4)CCN3C2)OC1(C)C. The first-order valence-corrected chi connectivity index (χ1v) is 9.91. The Bertz CT molecular complexity index is 658. The van der Waals surface area contributed by atoms with Crippen LogP contribution in [-0.2, 0) is 15.7 Å². The second-order valence-electron chi connectivity index (χ2n) is 8.90. The van der Waals surface area contributed by atoms with Crippen molar-refractivity contribution in [3.8, 4) is 0 Å². The Labute approximate surface area is 158 Å². The maximum Gasteiger partial charge on any atom is 0.491 e. The van der Waals surface area contributed by atoms with Crippen molar-refractivity contribution in [2.45, 2.75) is 51.4 Å². The van der Waals surface area contributed by atoms with Crippen LogP contribution >= 0.6 is 0 Å². The Hall–Kier alpha value is -1.14. The molecular formula is C21H31BN2O2. The Morgan fingerprint density at radius 3 is 2.42 bits per heavy atom. The van der Waals surface area contributed by atoms with Gasteiger partial charge in [0, 0.05) is 38.8 Å². The molecule has 3 aliphatic heterocycles. The van der Waals surface area contributed by atoms with Crippen molar-refractivity contribution < 1.29 is 9.31 Å². The van der Waals surface area contributed by atoms with Gasteiger partial charge < -0.3 is 9.31 Å². The predicted molar refractivity (Wildman–Crippen MR) is 106 cm³/mol. The molecule has 1 atom stereocenters. The molecule has 0 aliphatic carbocycles. The average Bonchev–Trinajstić information content (AvgIpc) is 3.11. The molecule has 0 spiro atoms. The third-order valence-corrected chi connectivity index (χ3v) is 6.53. The summed E-state index contributed by atoms with van der Waals surface area (Å²) in [4.78, 5) is 5.16. The summed E-state index contributed by atoms with van der Waals surface area (Å²) >= 11 is 0. The van der Waals surface area contributed by atoms with E-state index in [0.717, 1.165) is 39.1 Å². The molecule has 4 rings (SSSR count). The molecule has 140 valence electrons. The first-order chi connectivity index (χ1) is 12.3. The van der Waals surface area contributed by atoms with Crippen molar-refractivity contribution in [3.05, 3.63) is 47.4 Å². The van der Waals surface area contributed by atoms with Crippen LogP contribution < -0.4 is 0 Å². The quantitative estimate of drug-likeness (QED) is 0.777. The molecule has 0 N–H and O–H groups in total. The van der Waals surface area contributed by atoms with Crippen LogP contribution in [0.25, 0.3) is 0 Å². The number of benzene rings is 1. The van der Waals surface area contributed by atoms with E-state index >= 15 is 0 Å². The van der Waals surface area contributed by atoms with Gasteiger partial charge in [-0.15, -0.1) is 0 Å². The number of piperazine rings is 1. The molecule has 0 saturated carbocycles. The zero-order valence-corrected chi connectivity index (χ0v) is 16.6. The summed E-state index contributed by atoms with van der Waals surface area (Å²) in [6.45, 7) is 14.0. The Kier molecular flexibility index (Phi) is 4.76. The lowest BCUT2D eigenvalue weighted by atomic mass is 9.78. The van der Waals surface area contributed by atoms with E-state index in [1.54, 1.807) is 0 Å². The van der Waals surface area contributed by atoms with Gasteiger partial charge in [-0.2, -0.15) is 0 Å². The predicted octanol–water partition coefficient (Wildman–Crippen LogP) is 2.79. The molecule has 0 bridgehead atoms. The number of hydrogen-bond acceptors (Lipinski definition) is 4. The first-order valence-electron chi connectivity index (χ1n) is 9.91. The van der Waals surface area contributed by atoms with Gasteiger partial charge in [0.05, 0.1) is 11.2 Å². The highest BCUT2D eigenvalue weighted by molar-refractivity contribution is 6.55. The summed E-state index contributed by atoms with van der Waals surface area (Å²) in [5.41, 5.74) is 2.21. The van der Waals surface area contributed by atoms with E-state index in [-0.39, 0.29) is 18.3 Å². The van der Waals surface area contributed by atoms with Crippen LogP contribution in [0.2, 0.25) is 0 Å². The minimum Gasteiger partial charge on any atom is -0.400 e. The molecule has 4 nitrogen and oxygen atoms in total. The van der Waals surface area contributed by atoms with Crippen molar-refractivity contribution >= 4 is 7.12 Å². The third kappa shape index (κ3) is 3.50. The minimum absolute atomic E-state index is 0.191. The molecule has 2 fully saturated rings. The fraction of sp³-hybridized carbons (Fsp3) is 0.619. The molecule has 1 aromatic rings. The smallest absolute Gasteiger partial charge is 0.400 e. The molecule has 3 aliphatic rings. The van der Waals surface area contributed by atoms with Crippen molar-refractivity contribution in [2.24, 2.45) is 0 Å². The molecule has 3 heterocycles. The molecule has 0 amide bonds. The lowest BCUT2D eigenvalue weighted by molar-refractivity contribution is 0.00578. The van der Waals surface area contributed by atoms with E-state index in [0.29, 0.717) is 6.04 Å². The number of fused-ring (bicyclic) bond motifs is 1. The minimum atomic E-state index is -0.261. The molecule has 0 aromatic heterocycles. The van der Waals surface area contributed by atoms with E-state index < -0.39 is 0 Å². The zero-order valence-electron chi connectivity index (χ0n) is 16.6. The summed E-state index contributed by atoms with van der Waals surface area (Å²) < 4.78 is 12.5. The van der Waals surface area contributed by atoms with Gasteiger partial charge in [0.25, 0.3) is 0 Å². The van der Waals surface area contributed by atoms with Crippen LogP contribution in [0, 0.1) is 0 Å². The maximum atomic E-state index is 6.26. The second-order valence-corrected chi connectivity index (χ2v) is 8.90.